The van der Waals surface area contributed by atoms with E-state index in [1.807, 2.05) is 6.07 Å². The van der Waals surface area contributed by atoms with Crippen molar-refractivity contribution < 1.29 is 4.74 Å². The standard InChI is InChI=1S/C18H24N2O/c1-13-10-14(16-6-4-5-7-17(16)20-13)12-19-15-8-9-21-18(2,3)11-15/h4-7,10,15,19H,8-9,11-12H2,1-3H3. The normalized spacial score (nSPS) is 21.6. The third-order valence-corrected chi connectivity index (χ3v) is 4.21. The summed E-state index contributed by atoms with van der Waals surface area (Å²) in [6.07, 6.45) is 2.15. The predicted octanol–water partition coefficient (Wildman–Crippen LogP) is 3.59. The van der Waals surface area contributed by atoms with Crippen LogP contribution in [0.1, 0.15) is 37.9 Å². The molecule has 1 saturated heterocycles. The minimum Gasteiger partial charge on any atom is -0.375 e. The van der Waals surface area contributed by atoms with E-state index >= 15 is 0 Å². The van der Waals surface area contributed by atoms with Crippen LogP contribution >= 0.6 is 0 Å². The molecule has 0 amide bonds. The molecule has 0 spiro atoms. The van der Waals surface area contributed by atoms with Crippen LogP contribution in [0, 0.1) is 6.92 Å². The van der Waals surface area contributed by atoms with Crippen LogP contribution in [0.2, 0.25) is 0 Å². The summed E-state index contributed by atoms with van der Waals surface area (Å²) >= 11 is 0. The number of hydrogen-bond acceptors (Lipinski definition) is 3. The zero-order valence-electron chi connectivity index (χ0n) is 13.1. The molecule has 1 unspecified atom stereocenters. The van der Waals surface area contributed by atoms with Gasteiger partial charge < -0.3 is 10.1 Å². The van der Waals surface area contributed by atoms with Crippen LogP contribution in [0.4, 0.5) is 0 Å². The van der Waals surface area contributed by atoms with Crippen molar-refractivity contribution >= 4 is 10.9 Å². The van der Waals surface area contributed by atoms with E-state index in [0.717, 1.165) is 37.2 Å². The van der Waals surface area contributed by atoms with Crippen molar-refractivity contribution in [2.24, 2.45) is 0 Å². The summed E-state index contributed by atoms with van der Waals surface area (Å²) in [5, 5.41) is 4.96. The van der Waals surface area contributed by atoms with E-state index in [2.05, 4.69) is 55.3 Å². The zero-order chi connectivity index (χ0) is 14.9. The van der Waals surface area contributed by atoms with Crippen molar-refractivity contribution in [3.05, 3.63) is 41.6 Å². The first kappa shape index (κ1) is 14.5. The van der Waals surface area contributed by atoms with Crippen LogP contribution in [0.5, 0.6) is 0 Å². The molecule has 2 heterocycles. The summed E-state index contributed by atoms with van der Waals surface area (Å²) in [5.41, 5.74) is 3.49. The maximum Gasteiger partial charge on any atom is 0.0708 e. The third kappa shape index (κ3) is 3.42. The monoisotopic (exact) mass is 284 g/mol. The first-order chi connectivity index (χ1) is 10.0. The molecule has 1 aromatic heterocycles. The molecular formula is C18H24N2O. The Morgan fingerprint density at radius 2 is 2.14 bits per heavy atom. The average molecular weight is 284 g/mol. The van der Waals surface area contributed by atoms with Gasteiger partial charge in [-0.1, -0.05) is 18.2 Å². The van der Waals surface area contributed by atoms with Crippen molar-refractivity contribution in [3.63, 3.8) is 0 Å². The first-order valence-electron chi connectivity index (χ1n) is 7.76. The molecule has 0 saturated carbocycles. The minimum atomic E-state index is -0.00779. The number of para-hydroxylation sites is 1. The molecule has 0 radical (unpaired) electrons. The molecule has 3 heteroatoms. The van der Waals surface area contributed by atoms with Crippen LogP contribution in [-0.4, -0.2) is 23.2 Å². The number of aryl methyl sites for hydroxylation is 1. The molecule has 1 N–H and O–H groups in total. The van der Waals surface area contributed by atoms with Crippen molar-refractivity contribution in [2.45, 2.75) is 51.8 Å². The topological polar surface area (TPSA) is 34.1 Å². The quantitative estimate of drug-likeness (QED) is 0.935. The second kappa shape index (κ2) is 5.74. The molecule has 112 valence electrons. The number of ether oxygens (including phenoxy) is 1. The van der Waals surface area contributed by atoms with Crippen LogP contribution in [0.15, 0.2) is 30.3 Å². The predicted molar refractivity (Wildman–Crippen MR) is 86.4 cm³/mol. The van der Waals surface area contributed by atoms with Crippen LogP contribution < -0.4 is 5.32 Å². The Morgan fingerprint density at radius 3 is 2.95 bits per heavy atom. The summed E-state index contributed by atoms with van der Waals surface area (Å²) in [5.74, 6) is 0. The Morgan fingerprint density at radius 1 is 1.33 bits per heavy atom. The molecule has 3 nitrogen and oxygen atoms in total. The SMILES string of the molecule is Cc1cc(CNC2CCOC(C)(C)C2)c2ccccc2n1. The molecule has 0 aliphatic carbocycles. The highest BCUT2D eigenvalue weighted by molar-refractivity contribution is 5.82. The summed E-state index contributed by atoms with van der Waals surface area (Å²) in [7, 11) is 0. The molecule has 21 heavy (non-hydrogen) atoms. The Hall–Kier alpha value is -1.45. The second-order valence-corrected chi connectivity index (χ2v) is 6.62. The van der Waals surface area contributed by atoms with E-state index in [9.17, 15) is 0 Å². The number of hydrogen-bond donors (Lipinski definition) is 1. The third-order valence-electron chi connectivity index (χ3n) is 4.21. The maximum absolute atomic E-state index is 5.79. The van der Waals surface area contributed by atoms with Gasteiger partial charge in [-0.05, 0) is 51.3 Å². The molecule has 1 atom stereocenters. The van der Waals surface area contributed by atoms with Gasteiger partial charge in [-0.15, -0.1) is 0 Å². The number of nitrogens with one attached hydrogen (secondary N) is 1. The Bertz CT molecular complexity index is 636. The molecular weight excluding hydrogens is 260 g/mol. The van der Waals surface area contributed by atoms with Gasteiger partial charge in [-0.3, -0.25) is 4.98 Å². The fourth-order valence-electron chi connectivity index (χ4n) is 3.20. The zero-order valence-corrected chi connectivity index (χ0v) is 13.1. The molecule has 1 aliphatic heterocycles. The fraction of sp³-hybridized carbons (Fsp3) is 0.500. The molecule has 0 bridgehead atoms. The molecule has 3 rings (SSSR count). The Balaban J connectivity index is 1.76. The number of fused-ring (bicyclic) bond motifs is 1. The highest BCUT2D eigenvalue weighted by Gasteiger charge is 2.28. The van der Waals surface area contributed by atoms with Crippen molar-refractivity contribution in [1.82, 2.24) is 10.3 Å². The number of benzene rings is 1. The van der Waals surface area contributed by atoms with Gasteiger partial charge in [-0.2, -0.15) is 0 Å². The number of rotatable bonds is 3. The highest BCUT2D eigenvalue weighted by atomic mass is 16.5. The number of nitrogens with zero attached hydrogens (tertiary/aromatic N) is 1. The van der Waals surface area contributed by atoms with Gasteiger partial charge in [0.05, 0.1) is 11.1 Å². The summed E-state index contributed by atoms with van der Waals surface area (Å²) < 4.78 is 5.79. The average Bonchev–Trinajstić information content (AvgIpc) is 2.43. The lowest BCUT2D eigenvalue weighted by Gasteiger charge is -2.36. The summed E-state index contributed by atoms with van der Waals surface area (Å²) in [6.45, 7) is 8.15. The van der Waals surface area contributed by atoms with Gasteiger partial charge in [-0.25, -0.2) is 0 Å². The number of aromatic nitrogens is 1. The van der Waals surface area contributed by atoms with Gasteiger partial charge in [0.1, 0.15) is 0 Å². The van der Waals surface area contributed by atoms with Gasteiger partial charge in [0.15, 0.2) is 0 Å². The van der Waals surface area contributed by atoms with E-state index in [1.165, 1.54) is 10.9 Å². The minimum absolute atomic E-state index is 0.00779. The van der Waals surface area contributed by atoms with Gasteiger partial charge in [0, 0.05) is 30.3 Å². The van der Waals surface area contributed by atoms with E-state index < -0.39 is 0 Å². The van der Waals surface area contributed by atoms with Crippen molar-refractivity contribution in [2.75, 3.05) is 6.61 Å². The summed E-state index contributed by atoms with van der Waals surface area (Å²) in [4.78, 5) is 4.61. The largest absolute Gasteiger partial charge is 0.375 e. The van der Waals surface area contributed by atoms with Crippen LogP contribution in [0.25, 0.3) is 10.9 Å². The van der Waals surface area contributed by atoms with E-state index in [1.54, 1.807) is 0 Å². The Kier molecular flexibility index (Phi) is 3.96. The molecule has 2 aromatic rings. The smallest absolute Gasteiger partial charge is 0.0708 e. The van der Waals surface area contributed by atoms with Gasteiger partial charge in [0.25, 0.3) is 0 Å². The maximum atomic E-state index is 5.79. The lowest BCUT2D eigenvalue weighted by molar-refractivity contribution is -0.0630. The van der Waals surface area contributed by atoms with Crippen LogP contribution in [0.3, 0.4) is 0 Å². The van der Waals surface area contributed by atoms with Crippen LogP contribution in [-0.2, 0) is 11.3 Å². The molecule has 1 aromatic carbocycles. The molecule has 1 fully saturated rings. The highest BCUT2D eigenvalue weighted by Crippen LogP contribution is 2.25. The van der Waals surface area contributed by atoms with Crippen molar-refractivity contribution in [3.8, 4) is 0 Å². The lowest BCUT2D eigenvalue weighted by atomic mass is 9.93. The molecule has 1 aliphatic rings. The lowest BCUT2D eigenvalue weighted by Crippen LogP contribution is -2.43. The van der Waals surface area contributed by atoms with Gasteiger partial charge >= 0.3 is 0 Å². The van der Waals surface area contributed by atoms with Crippen molar-refractivity contribution in [1.29, 1.82) is 0 Å². The van der Waals surface area contributed by atoms with E-state index in [0.29, 0.717) is 6.04 Å². The van der Waals surface area contributed by atoms with Gasteiger partial charge in [0.2, 0.25) is 0 Å². The summed E-state index contributed by atoms with van der Waals surface area (Å²) in [6, 6.07) is 11.1. The van der Waals surface area contributed by atoms with E-state index in [4.69, 9.17) is 4.74 Å². The Labute approximate surface area is 126 Å². The van der Waals surface area contributed by atoms with E-state index in [-0.39, 0.29) is 5.60 Å². The first-order valence-corrected chi connectivity index (χ1v) is 7.76. The fourth-order valence-corrected chi connectivity index (χ4v) is 3.20. The number of pyridine rings is 1. The second-order valence-electron chi connectivity index (χ2n) is 6.62.